The summed E-state index contributed by atoms with van der Waals surface area (Å²) in [6.45, 7) is 1.11. The maximum atomic E-state index is 12.1. The van der Waals surface area contributed by atoms with Gasteiger partial charge in [0.1, 0.15) is 0 Å². The average Bonchev–Trinajstić information content (AvgIpc) is 2.94. The van der Waals surface area contributed by atoms with E-state index in [-0.39, 0.29) is 6.42 Å². The molecule has 2 rings (SSSR count). The fraction of sp³-hybridized carbons (Fsp3) is 0.368. The minimum atomic E-state index is -0.890. The second-order valence-electron chi connectivity index (χ2n) is 6.22. The summed E-state index contributed by atoms with van der Waals surface area (Å²) in [6.07, 6.45) is 2.42. The van der Waals surface area contributed by atoms with Crippen molar-refractivity contribution in [3.63, 3.8) is 0 Å². The molecule has 1 heterocycles. The summed E-state index contributed by atoms with van der Waals surface area (Å²) in [5.74, 6) is -1.99. The summed E-state index contributed by atoms with van der Waals surface area (Å²) in [5, 5.41) is 1.19. The summed E-state index contributed by atoms with van der Waals surface area (Å²) in [5.41, 5.74) is 10.4. The number of rotatable bonds is 7. The molecule has 26 heavy (non-hydrogen) atoms. The van der Waals surface area contributed by atoms with Crippen LogP contribution in [0.3, 0.4) is 0 Å². The first kappa shape index (κ1) is 19.3. The summed E-state index contributed by atoms with van der Waals surface area (Å²) in [4.78, 5) is 38.8. The molecule has 0 saturated heterocycles. The van der Waals surface area contributed by atoms with Crippen LogP contribution < -0.4 is 0 Å². The fourth-order valence-corrected chi connectivity index (χ4v) is 2.87. The van der Waals surface area contributed by atoms with Crippen molar-refractivity contribution in [2.75, 3.05) is 7.05 Å². The first-order valence-corrected chi connectivity index (χ1v) is 8.44. The zero-order chi connectivity index (χ0) is 19.3. The number of amides is 2. The Balaban J connectivity index is 1.88. The smallest absolute Gasteiger partial charge is 0.360 e. The number of para-hydroxylation sites is 1. The maximum absolute atomic E-state index is 12.1. The van der Waals surface area contributed by atoms with Crippen molar-refractivity contribution >= 4 is 34.2 Å². The van der Waals surface area contributed by atoms with E-state index in [0.29, 0.717) is 6.42 Å². The van der Waals surface area contributed by atoms with Crippen LogP contribution in [-0.2, 0) is 27.9 Å². The number of Topliss-reactive ketones (excluding diaryl/α,β-unsaturated/α-hetero) is 1. The molecule has 0 aliphatic rings. The predicted octanol–water partition coefficient (Wildman–Crippen LogP) is 2.14. The molecule has 0 atom stereocenters. The van der Waals surface area contributed by atoms with E-state index in [1.54, 1.807) is 0 Å². The maximum Gasteiger partial charge on any atom is 0.421 e. The van der Waals surface area contributed by atoms with Crippen LogP contribution >= 0.6 is 0 Å². The first-order valence-electron chi connectivity index (χ1n) is 8.44. The first-order chi connectivity index (χ1) is 12.4. The molecule has 0 spiro atoms. The van der Waals surface area contributed by atoms with Crippen LogP contribution in [0.1, 0.15) is 31.9 Å². The van der Waals surface area contributed by atoms with Crippen LogP contribution in [-0.4, -0.2) is 44.6 Å². The van der Waals surface area contributed by atoms with E-state index in [9.17, 15) is 14.4 Å². The topological polar surface area (TPSA) is 95.8 Å². The van der Waals surface area contributed by atoms with Gasteiger partial charge in [-0.3, -0.25) is 19.3 Å². The molecule has 0 fully saturated rings. The van der Waals surface area contributed by atoms with Crippen molar-refractivity contribution < 1.29 is 19.2 Å². The van der Waals surface area contributed by atoms with Gasteiger partial charge in [-0.2, -0.15) is 4.79 Å². The van der Waals surface area contributed by atoms with Crippen LogP contribution in [0, 0.1) is 0 Å². The minimum absolute atomic E-state index is 0.183. The predicted molar refractivity (Wildman–Crippen MR) is 97.6 cm³/mol. The molecule has 2 amide bonds. The molecule has 2 aromatic rings. The van der Waals surface area contributed by atoms with Crippen molar-refractivity contribution in [2.24, 2.45) is 7.05 Å². The SMILES string of the molecule is CC(=O)C(=[N+]=[N-])C(=O)N(C)C(=O)CCCCc1cc2ccccc2n1C. The lowest BCUT2D eigenvalue weighted by atomic mass is 10.1. The highest BCUT2D eigenvalue weighted by molar-refractivity contribution is 6.63. The number of ketones is 1. The third kappa shape index (κ3) is 4.13. The molecular formula is C19H22N4O3. The van der Waals surface area contributed by atoms with Crippen LogP contribution in [0.2, 0.25) is 0 Å². The summed E-state index contributed by atoms with van der Waals surface area (Å²) < 4.78 is 2.14. The number of carbonyl (C=O) groups excluding carboxylic acids is 3. The van der Waals surface area contributed by atoms with E-state index in [4.69, 9.17) is 5.53 Å². The Kier molecular flexibility index (Phi) is 6.20. The standard InChI is InChI=1S/C19H22N4O3/c1-13(24)18(21-20)19(26)23(3)17(25)11-7-5-9-15-12-14-8-4-6-10-16(14)22(15)2/h4,6,8,10,12H,5,7,9,11H2,1-3H3. The van der Waals surface area contributed by atoms with Gasteiger partial charge in [-0.25, -0.2) is 0 Å². The van der Waals surface area contributed by atoms with Gasteiger partial charge in [-0.05, 0) is 36.8 Å². The van der Waals surface area contributed by atoms with Crippen molar-refractivity contribution in [2.45, 2.75) is 32.6 Å². The van der Waals surface area contributed by atoms with Gasteiger partial charge in [-0.1, -0.05) is 18.2 Å². The van der Waals surface area contributed by atoms with E-state index < -0.39 is 23.3 Å². The van der Waals surface area contributed by atoms with Gasteiger partial charge < -0.3 is 10.1 Å². The zero-order valence-corrected chi connectivity index (χ0v) is 15.2. The number of aromatic nitrogens is 1. The molecular weight excluding hydrogens is 332 g/mol. The van der Waals surface area contributed by atoms with E-state index in [0.717, 1.165) is 24.7 Å². The molecule has 0 bridgehead atoms. The molecule has 0 N–H and O–H groups in total. The summed E-state index contributed by atoms with van der Waals surface area (Å²) in [6, 6.07) is 10.3. The number of hydrogen-bond acceptors (Lipinski definition) is 3. The third-order valence-electron chi connectivity index (χ3n) is 4.44. The molecule has 0 aliphatic carbocycles. The second-order valence-corrected chi connectivity index (χ2v) is 6.22. The van der Waals surface area contributed by atoms with Gasteiger partial charge in [0.15, 0.2) is 0 Å². The Hall–Kier alpha value is -3.05. The molecule has 0 aliphatic heterocycles. The van der Waals surface area contributed by atoms with Crippen molar-refractivity contribution in [3.05, 3.63) is 41.6 Å². The molecule has 1 aromatic carbocycles. The number of fused-ring (bicyclic) bond motifs is 1. The third-order valence-corrected chi connectivity index (χ3v) is 4.44. The van der Waals surface area contributed by atoms with Crippen LogP contribution in [0.25, 0.3) is 16.4 Å². The molecule has 0 radical (unpaired) electrons. The van der Waals surface area contributed by atoms with Gasteiger partial charge in [0, 0.05) is 38.7 Å². The van der Waals surface area contributed by atoms with E-state index >= 15 is 0 Å². The van der Waals surface area contributed by atoms with Crippen molar-refractivity contribution in [1.29, 1.82) is 0 Å². The van der Waals surface area contributed by atoms with E-state index in [1.165, 1.54) is 23.6 Å². The Labute approximate surface area is 151 Å². The summed E-state index contributed by atoms with van der Waals surface area (Å²) in [7, 11) is 3.30. The minimum Gasteiger partial charge on any atom is -0.360 e. The average molecular weight is 354 g/mol. The van der Waals surface area contributed by atoms with Crippen molar-refractivity contribution in [3.8, 4) is 0 Å². The number of unbranched alkanes of at least 4 members (excludes halogenated alkanes) is 1. The van der Waals surface area contributed by atoms with Crippen LogP contribution in [0.4, 0.5) is 0 Å². The molecule has 0 unspecified atom stereocenters. The highest BCUT2D eigenvalue weighted by Gasteiger charge is 2.31. The Bertz CT molecular complexity index is 907. The largest absolute Gasteiger partial charge is 0.421 e. The number of carbonyl (C=O) groups is 3. The molecule has 1 aromatic heterocycles. The Morgan fingerprint density at radius 3 is 2.50 bits per heavy atom. The fourth-order valence-electron chi connectivity index (χ4n) is 2.87. The lowest BCUT2D eigenvalue weighted by Crippen LogP contribution is -2.41. The van der Waals surface area contributed by atoms with Crippen LogP contribution in [0.15, 0.2) is 30.3 Å². The molecule has 7 nitrogen and oxygen atoms in total. The number of nitrogens with zero attached hydrogens (tertiary/aromatic N) is 4. The van der Waals surface area contributed by atoms with Gasteiger partial charge >= 0.3 is 11.6 Å². The number of benzene rings is 1. The van der Waals surface area contributed by atoms with Crippen LogP contribution in [0.5, 0.6) is 0 Å². The monoisotopic (exact) mass is 354 g/mol. The van der Waals surface area contributed by atoms with Gasteiger partial charge in [-0.15, -0.1) is 0 Å². The second kappa shape index (κ2) is 8.36. The number of aryl methyl sites for hydroxylation is 2. The summed E-state index contributed by atoms with van der Waals surface area (Å²) >= 11 is 0. The van der Waals surface area contributed by atoms with Gasteiger partial charge in [0.2, 0.25) is 11.7 Å². The van der Waals surface area contributed by atoms with E-state index in [2.05, 4.69) is 27.6 Å². The van der Waals surface area contributed by atoms with Crippen molar-refractivity contribution in [1.82, 2.24) is 9.47 Å². The zero-order valence-electron chi connectivity index (χ0n) is 15.2. The highest BCUT2D eigenvalue weighted by Crippen LogP contribution is 2.20. The molecule has 136 valence electrons. The lowest BCUT2D eigenvalue weighted by molar-refractivity contribution is -0.142. The quantitative estimate of drug-likeness (QED) is 0.250. The normalized spacial score (nSPS) is 10.4. The Morgan fingerprint density at radius 2 is 1.88 bits per heavy atom. The number of imide groups is 1. The molecule has 0 saturated carbocycles. The van der Waals surface area contributed by atoms with Gasteiger partial charge in [0.25, 0.3) is 0 Å². The lowest BCUT2D eigenvalue weighted by Gasteiger charge is -2.12. The number of hydrogen-bond donors (Lipinski definition) is 0. The Morgan fingerprint density at radius 1 is 1.19 bits per heavy atom. The highest BCUT2D eigenvalue weighted by atomic mass is 16.2. The van der Waals surface area contributed by atoms with E-state index in [1.807, 2.05) is 19.2 Å². The van der Waals surface area contributed by atoms with Gasteiger partial charge in [0.05, 0.1) is 0 Å². The molecule has 7 heteroatoms.